The maximum Gasteiger partial charge on any atom is 0.179 e. The Balaban J connectivity index is 1.39. The highest BCUT2D eigenvalue weighted by molar-refractivity contribution is 8.03. The second kappa shape index (κ2) is 9.67. The Bertz CT molecular complexity index is 1240. The number of benzene rings is 2. The fourth-order valence-corrected chi connectivity index (χ4v) is 5.58. The molecule has 4 aromatic rings. The first kappa shape index (κ1) is 21.5. The Morgan fingerprint density at radius 3 is 2.48 bits per heavy atom. The van der Waals surface area contributed by atoms with E-state index >= 15 is 0 Å². The zero-order valence-corrected chi connectivity index (χ0v) is 20.0. The highest BCUT2D eigenvalue weighted by Gasteiger charge is 2.25. The maximum atomic E-state index is 4.13. The first-order chi connectivity index (χ1) is 16.2. The number of hydrogen-bond acceptors (Lipinski definition) is 3. The molecule has 166 valence electrons. The third kappa shape index (κ3) is 4.88. The van der Waals surface area contributed by atoms with Crippen LogP contribution in [0.15, 0.2) is 95.4 Å². The molecule has 5 heteroatoms. The number of rotatable bonds is 7. The molecule has 0 aliphatic carbocycles. The number of imidazole rings is 1. The van der Waals surface area contributed by atoms with Gasteiger partial charge >= 0.3 is 0 Å². The van der Waals surface area contributed by atoms with E-state index < -0.39 is 0 Å². The Morgan fingerprint density at radius 1 is 0.970 bits per heavy atom. The number of nitrogens with zero attached hydrogens (tertiary/aromatic N) is 4. The summed E-state index contributed by atoms with van der Waals surface area (Å²) in [4.78, 5) is 7.89. The van der Waals surface area contributed by atoms with E-state index in [-0.39, 0.29) is 0 Å². The van der Waals surface area contributed by atoms with E-state index in [9.17, 15) is 0 Å². The number of hydrogen-bond donors (Lipinski definition) is 0. The molecular weight excluding hydrogens is 424 g/mol. The van der Waals surface area contributed by atoms with Gasteiger partial charge in [0, 0.05) is 62.8 Å². The summed E-state index contributed by atoms with van der Waals surface area (Å²) in [6, 6.07) is 24.0. The maximum absolute atomic E-state index is 4.13. The predicted molar refractivity (Wildman–Crippen MR) is 136 cm³/mol. The van der Waals surface area contributed by atoms with E-state index in [2.05, 4.69) is 106 Å². The van der Waals surface area contributed by atoms with Crippen LogP contribution in [0, 0.1) is 13.8 Å². The molecule has 0 radical (unpaired) electrons. The first-order valence-corrected chi connectivity index (χ1v) is 12.3. The van der Waals surface area contributed by atoms with E-state index in [0.717, 1.165) is 26.1 Å². The van der Waals surface area contributed by atoms with Crippen LogP contribution in [0.25, 0.3) is 6.08 Å². The number of anilines is 1. The minimum atomic E-state index is 0.871. The minimum Gasteiger partial charge on any atom is -0.337 e. The molecule has 2 aromatic carbocycles. The number of pyridine rings is 1. The van der Waals surface area contributed by atoms with Crippen molar-refractivity contribution in [3.05, 3.63) is 113 Å². The summed E-state index contributed by atoms with van der Waals surface area (Å²) < 4.78 is 4.55. The number of fused-ring (bicyclic) bond motifs is 1. The number of para-hydroxylation sites is 1. The van der Waals surface area contributed by atoms with Gasteiger partial charge in [0.1, 0.15) is 0 Å². The molecular formula is C28H29N4S+. The monoisotopic (exact) mass is 453 g/mol. The van der Waals surface area contributed by atoms with Crippen LogP contribution in [0.5, 0.6) is 0 Å². The highest BCUT2D eigenvalue weighted by Crippen LogP contribution is 2.47. The third-order valence-corrected chi connectivity index (χ3v) is 7.18. The van der Waals surface area contributed by atoms with Crippen LogP contribution in [0.2, 0.25) is 0 Å². The standard InChI is InChI=1S/C28H29N4S/c1-22-17-25(18-23(2)31(22)15-8-14-30-16-13-29-21-30)19-28-32(20-24-9-4-3-5-10-24)26-11-6-7-12-27(26)33-28/h3-7,9-13,16-19,21H,8,14-15,20H2,1-2H3/q+1. The molecule has 3 heterocycles. The average Bonchev–Trinajstić information content (AvgIpc) is 3.45. The van der Waals surface area contributed by atoms with Crippen molar-refractivity contribution in [2.75, 3.05) is 4.90 Å². The zero-order chi connectivity index (χ0) is 22.6. The Labute approximate surface area is 200 Å². The van der Waals surface area contributed by atoms with E-state index in [4.69, 9.17) is 0 Å². The van der Waals surface area contributed by atoms with Gasteiger partial charge < -0.3 is 9.47 Å². The Kier molecular flexibility index (Phi) is 6.31. The number of aryl methyl sites for hydroxylation is 3. The van der Waals surface area contributed by atoms with Gasteiger partial charge in [-0.05, 0) is 29.3 Å². The fourth-order valence-electron chi connectivity index (χ4n) is 4.46. The van der Waals surface area contributed by atoms with Crippen molar-refractivity contribution in [3.8, 4) is 0 Å². The van der Waals surface area contributed by atoms with Gasteiger partial charge in [-0.25, -0.2) is 9.55 Å². The summed E-state index contributed by atoms with van der Waals surface area (Å²) in [5.74, 6) is 0. The molecule has 33 heavy (non-hydrogen) atoms. The van der Waals surface area contributed by atoms with E-state index in [1.807, 2.05) is 30.5 Å². The lowest BCUT2D eigenvalue weighted by molar-refractivity contribution is -0.709. The van der Waals surface area contributed by atoms with Crippen LogP contribution in [0.1, 0.15) is 28.9 Å². The summed E-state index contributed by atoms with van der Waals surface area (Å²) in [5, 5.41) is 1.27. The average molecular weight is 454 g/mol. The van der Waals surface area contributed by atoms with Crippen LogP contribution in [0.4, 0.5) is 5.69 Å². The first-order valence-electron chi connectivity index (χ1n) is 11.4. The van der Waals surface area contributed by atoms with Crippen molar-refractivity contribution < 1.29 is 4.57 Å². The van der Waals surface area contributed by atoms with Crippen molar-refractivity contribution in [1.82, 2.24) is 9.55 Å². The van der Waals surface area contributed by atoms with Gasteiger partial charge in [0.2, 0.25) is 0 Å². The van der Waals surface area contributed by atoms with Crippen LogP contribution < -0.4 is 9.47 Å². The largest absolute Gasteiger partial charge is 0.337 e. The molecule has 0 unspecified atom stereocenters. The van der Waals surface area contributed by atoms with Crippen LogP contribution in [-0.4, -0.2) is 9.55 Å². The topological polar surface area (TPSA) is 24.9 Å². The lowest BCUT2D eigenvalue weighted by Gasteiger charge is -2.21. The highest BCUT2D eigenvalue weighted by atomic mass is 32.2. The van der Waals surface area contributed by atoms with Crippen LogP contribution in [0.3, 0.4) is 0 Å². The van der Waals surface area contributed by atoms with Gasteiger partial charge in [-0.1, -0.05) is 54.2 Å². The van der Waals surface area contributed by atoms with Gasteiger partial charge in [-0.15, -0.1) is 0 Å². The molecule has 0 N–H and O–H groups in total. The quantitative estimate of drug-likeness (QED) is 0.321. The van der Waals surface area contributed by atoms with E-state index in [1.165, 1.54) is 38.1 Å². The normalized spacial score (nSPS) is 14.1. The Morgan fingerprint density at radius 2 is 1.73 bits per heavy atom. The van der Waals surface area contributed by atoms with Crippen molar-refractivity contribution in [3.63, 3.8) is 0 Å². The second-order valence-electron chi connectivity index (χ2n) is 8.50. The van der Waals surface area contributed by atoms with E-state index in [0.29, 0.717) is 0 Å². The Hall–Kier alpha value is -3.31. The number of thioether (sulfide) groups is 1. The molecule has 0 atom stereocenters. The van der Waals surface area contributed by atoms with Crippen molar-refractivity contribution >= 4 is 23.5 Å². The molecule has 0 saturated heterocycles. The lowest BCUT2D eigenvalue weighted by Crippen LogP contribution is -2.40. The fraction of sp³-hybridized carbons (Fsp3) is 0.214. The van der Waals surface area contributed by atoms with Crippen molar-refractivity contribution in [1.29, 1.82) is 0 Å². The van der Waals surface area contributed by atoms with Crippen molar-refractivity contribution in [2.24, 2.45) is 0 Å². The summed E-state index contributed by atoms with van der Waals surface area (Å²) in [7, 11) is 0. The zero-order valence-electron chi connectivity index (χ0n) is 19.2. The second-order valence-corrected chi connectivity index (χ2v) is 9.56. The smallest absolute Gasteiger partial charge is 0.179 e. The molecule has 2 aromatic heterocycles. The van der Waals surface area contributed by atoms with Crippen LogP contribution in [-0.2, 0) is 19.6 Å². The molecule has 0 fully saturated rings. The van der Waals surface area contributed by atoms with Crippen molar-refractivity contribution in [2.45, 2.75) is 44.8 Å². The number of aromatic nitrogens is 3. The van der Waals surface area contributed by atoms with Gasteiger partial charge in [0.25, 0.3) is 0 Å². The van der Waals surface area contributed by atoms with Gasteiger partial charge in [-0.2, -0.15) is 0 Å². The van der Waals surface area contributed by atoms with Gasteiger partial charge in [-0.3, -0.25) is 0 Å². The molecule has 4 nitrogen and oxygen atoms in total. The van der Waals surface area contributed by atoms with Crippen LogP contribution >= 0.6 is 11.8 Å². The molecule has 0 bridgehead atoms. The molecule has 5 rings (SSSR count). The van der Waals surface area contributed by atoms with Gasteiger partial charge in [0.15, 0.2) is 17.9 Å². The molecule has 1 aliphatic rings. The predicted octanol–water partition coefficient (Wildman–Crippen LogP) is 5.99. The molecule has 0 saturated carbocycles. The molecule has 0 spiro atoms. The molecule has 0 amide bonds. The minimum absolute atomic E-state index is 0.871. The third-order valence-electron chi connectivity index (χ3n) is 6.07. The molecule has 1 aliphatic heterocycles. The summed E-state index contributed by atoms with van der Waals surface area (Å²) in [6.45, 7) is 7.29. The summed E-state index contributed by atoms with van der Waals surface area (Å²) >= 11 is 1.86. The lowest BCUT2D eigenvalue weighted by atomic mass is 10.1. The van der Waals surface area contributed by atoms with E-state index in [1.54, 1.807) is 0 Å². The summed E-state index contributed by atoms with van der Waals surface area (Å²) in [5.41, 5.74) is 6.45. The summed E-state index contributed by atoms with van der Waals surface area (Å²) in [6.07, 6.45) is 9.17. The SMILES string of the molecule is Cc1cc(C=C2Sc3ccccc3N2Cc2ccccc2)cc(C)[n+]1CCCn1ccnc1. The van der Waals surface area contributed by atoms with Gasteiger partial charge in [0.05, 0.1) is 17.0 Å².